The van der Waals surface area contributed by atoms with Crippen molar-refractivity contribution in [1.82, 2.24) is 34.8 Å². The fourth-order valence-corrected chi connectivity index (χ4v) is 6.63. The smallest absolute Gasteiger partial charge is 0.323 e. The first kappa shape index (κ1) is 41.7. The zero-order chi connectivity index (χ0) is 41.2. The monoisotopic (exact) mass is 793 g/mol. The molecular formula is C37H45F2N11O7. The Bertz CT molecular complexity index is 2110. The van der Waals surface area contributed by atoms with Crippen LogP contribution in [-0.2, 0) is 19.1 Å². The number of fused-ring (bicyclic) bond motifs is 1. The summed E-state index contributed by atoms with van der Waals surface area (Å²) in [5.74, 6) is -2.92. The number of rotatable bonds is 12. The summed E-state index contributed by atoms with van der Waals surface area (Å²) in [5, 5.41) is 23.1. The molecule has 18 nitrogen and oxygen atoms in total. The van der Waals surface area contributed by atoms with Crippen molar-refractivity contribution in [2.75, 3.05) is 51.7 Å². The number of amides is 2. The number of nitrogens with zero attached hydrogens (tertiary/aromatic N) is 5. The first-order chi connectivity index (χ1) is 27.4. The molecule has 304 valence electrons. The molecule has 0 radical (unpaired) electrons. The third-order valence-corrected chi connectivity index (χ3v) is 9.55. The minimum absolute atomic E-state index is 0.0125. The number of hydrogen-bond acceptors (Lipinski definition) is 12. The number of guanidine groups is 1. The second-order valence-electron chi connectivity index (χ2n) is 13.3. The third-order valence-electron chi connectivity index (χ3n) is 9.55. The molecule has 0 bridgehead atoms. The largest absolute Gasteiger partial charge is 0.494 e. The Hall–Kier alpha value is -6.41. The van der Waals surface area contributed by atoms with Crippen LogP contribution >= 0.6 is 0 Å². The number of halogens is 2. The predicted molar refractivity (Wildman–Crippen MR) is 204 cm³/mol. The SMILES string of the molecule is COc1ccc(-c2cnc3c(Nc4ccc(C(=O)N5CCN(C(=O)[C@@H]6C[C@@H](OC(=O)C(N)CCCNC(=N)N)CN6)CC5)c(C)c4)nccn23)c(F)c1F.O=CO. The van der Waals surface area contributed by atoms with Crippen molar-refractivity contribution in [2.45, 2.75) is 44.4 Å². The number of hydrogen-bond donors (Lipinski definition) is 7. The summed E-state index contributed by atoms with van der Waals surface area (Å²) in [7, 11) is 1.26. The molecule has 2 fully saturated rings. The lowest BCUT2D eigenvalue weighted by molar-refractivity contribution is -0.150. The number of aromatic nitrogens is 3. The van der Waals surface area contributed by atoms with E-state index in [1.165, 1.54) is 31.6 Å². The number of methoxy groups -OCH3 is 1. The number of nitrogens with one attached hydrogen (secondary N) is 4. The first-order valence-corrected chi connectivity index (χ1v) is 18.0. The highest BCUT2D eigenvalue weighted by Crippen LogP contribution is 2.32. The molecule has 2 aromatic heterocycles. The zero-order valence-electron chi connectivity index (χ0n) is 31.3. The van der Waals surface area contributed by atoms with Gasteiger partial charge in [0.2, 0.25) is 11.7 Å². The van der Waals surface area contributed by atoms with Crippen LogP contribution in [0.3, 0.4) is 0 Å². The van der Waals surface area contributed by atoms with Gasteiger partial charge in [-0.25, -0.2) is 14.4 Å². The number of aryl methyl sites for hydroxylation is 1. The number of benzene rings is 2. The molecule has 6 rings (SSSR count). The standard InChI is InChI=1S/C36H43F2N11O5.CH2O2/c1-20-16-21(46-31-32-45-19-27(49(32)11-10-42-31)24-7-8-28(53-2)30(38)29(24)37)5-6-23(20)33(50)47-12-14-48(15-13-47)34(51)26-17-22(18-44-26)54-35(52)25(39)4-3-9-43-36(40)41;2-1-3/h5-8,10-11,16,19,22,25-26,44H,3-4,9,12-15,17-18,39H2,1-2H3,(H,42,46)(H4,40,41,43);1H,(H,2,3)/t22-,25?,26+;/m1./s1. The summed E-state index contributed by atoms with van der Waals surface area (Å²) < 4.78 is 41.4. The minimum Gasteiger partial charge on any atom is -0.494 e. The average molecular weight is 794 g/mol. The molecule has 20 heteroatoms. The van der Waals surface area contributed by atoms with E-state index in [0.29, 0.717) is 86.9 Å². The Labute approximate surface area is 326 Å². The lowest BCUT2D eigenvalue weighted by Crippen LogP contribution is -2.54. The zero-order valence-corrected chi connectivity index (χ0v) is 31.3. The Morgan fingerprint density at radius 1 is 1.12 bits per heavy atom. The van der Waals surface area contributed by atoms with Gasteiger partial charge in [-0.3, -0.25) is 29.0 Å². The summed E-state index contributed by atoms with van der Waals surface area (Å²) >= 11 is 0. The third kappa shape index (κ3) is 9.89. The number of piperazine rings is 1. The van der Waals surface area contributed by atoms with Gasteiger partial charge in [0.15, 0.2) is 29.0 Å². The lowest BCUT2D eigenvalue weighted by atomic mass is 10.1. The van der Waals surface area contributed by atoms with Crippen molar-refractivity contribution in [3.63, 3.8) is 0 Å². The number of carbonyl (C=O) groups excluding carboxylic acids is 3. The molecule has 9 N–H and O–H groups in total. The molecule has 4 heterocycles. The molecule has 1 unspecified atom stereocenters. The van der Waals surface area contributed by atoms with Gasteiger partial charge in [0.25, 0.3) is 12.4 Å². The van der Waals surface area contributed by atoms with E-state index in [0.717, 1.165) is 5.56 Å². The van der Waals surface area contributed by atoms with Crippen molar-refractivity contribution in [2.24, 2.45) is 11.5 Å². The molecule has 2 aromatic carbocycles. The van der Waals surface area contributed by atoms with E-state index in [4.69, 9.17) is 36.3 Å². The summed E-state index contributed by atoms with van der Waals surface area (Å²) in [6, 6.07) is 6.74. The van der Waals surface area contributed by atoms with Crippen LogP contribution in [-0.4, -0.2) is 124 Å². The van der Waals surface area contributed by atoms with Gasteiger partial charge in [0.1, 0.15) is 12.1 Å². The van der Waals surface area contributed by atoms with E-state index in [9.17, 15) is 23.2 Å². The topological polar surface area (TPSA) is 256 Å². The van der Waals surface area contributed by atoms with Crippen LogP contribution in [0.25, 0.3) is 16.9 Å². The summed E-state index contributed by atoms with van der Waals surface area (Å²) in [4.78, 5) is 59.9. The van der Waals surface area contributed by atoms with E-state index in [1.54, 1.807) is 32.5 Å². The van der Waals surface area contributed by atoms with Gasteiger partial charge in [-0.15, -0.1) is 0 Å². The van der Waals surface area contributed by atoms with Crippen LogP contribution in [0.2, 0.25) is 0 Å². The van der Waals surface area contributed by atoms with Crippen molar-refractivity contribution in [3.05, 3.63) is 71.7 Å². The quantitative estimate of drug-likeness (QED) is 0.0354. The number of carboxylic acid groups (broad SMARTS) is 1. The Balaban J connectivity index is 0.00000200. The van der Waals surface area contributed by atoms with E-state index in [1.807, 2.05) is 13.0 Å². The lowest BCUT2D eigenvalue weighted by Gasteiger charge is -2.36. The van der Waals surface area contributed by atoms with Gasteiger partial charge in [0, 0.05) is 74.9 Å². The first-order valence-electron chi connectivity index (χ1n) is 18.0. The maximum Gasteiger partial charge on any atom is 0.323 e. The highest BCUT2D eigenvalue weighted by atomic mass is 19.2. The molecule has 3 atom stereocenters. The Kier molecular flexibility index (Phi) is 13.9. The summed E-state index contributed by atoms with van der Waals surface area (Å²) in [6.07, 6.45) is 5.31. The number of esters is 1. The van der Waals surface area contributed by atoms with Crippen LogP contribution in [0.5, 0.6) is 5.75 Å². The summed E-state index contributed by atoms with van der Waals surface area (Å²) in [5.41, 5.74) is 13.8. The van der Waals surface area contributed by atoms with E-state index < -0.39 is 35.8 Å². The van der Waals surface area contributed by atoms with Crippen molar-refractivity contribution >= 4 is 47.4 Å². The highest BCUT2D eigenvalue weighted by Gasteiger charge is 2.36. The molecule has 2 aliphatic heterocycles. The van der Waals surface area contributed by atoms with Gasteiger partial charge in [-0.05, 0) is 55.7 Å². The van der Waals surface area contributed by atoms with Crippen LogP contribution in [0.1, 0.15) is 35.2 Å². The average Bonchev–Trinajstić information content (AvgIpc) is 3.85. The van der Waals surface area contributed by atoms with Gasteiger partial charge in [-0.2, -0.15) is 4.39 Å². The molecule has 0 spiro atoms. The van der Waals surface area contributed by atoms with Crippen LogP contribution in [0, 0.1) is 24.0 Å². The molecule has 2 amide bonds. The highest BCUT2D eigenvalue weighted by molar-refractivity contribution is 5.96. The van der Waals surface area contributed by atoms with Crippen molar-refractivity contribution in [3.8, 4) is 17.0 Å². The van der Waals surface area contributed by atoms with Crippen molar-refractivity contribution < 1.29 is 42.5 Å². The van der Waals surface area contributed by atoms with Crippen LogP contribution in [0.15, 0.2) is 48.9 Å². The number of ether oxygens (including phenoxy) is 2. The molecule has 4 aromatic rings. The summed E-state index contributed by atoms with van der Waals surface area (Å²) in [6.45, 7) is 3.77. The van der Waals surface area contributed by atoms with Crippen LogP contribution in [0.4, 0.5) is 20.3 Å². The number of carbonyl (C=O) groups is 4. The molecular weight excluding hydrogens is 748 g/mol. The van der Waals surface area contributed by atoms with Crippen molar-refractivity contribution in [1.29, 1.82) is 5.41 Å². The normalized spacial score (nSPS) is 16.9. The van der Waals surface area contributed by atoms with E-state index >= 15 is 0 Å². The maximum atomic E-state index is 14.9. The van der Waals surface area contributed by atoms with E-state index in [-0.39, 0.29) is 35.6 Å². The molecule has 2 aliphatic rings. The molecule has 57 heavy (non-hydrogen) atoms. The Morgan fingerprint density at radius 2 is 1.84 bits per heavy atom. The number of anilines is 2. The van der Waals surface area contributed by atoms with Gasteiger partial charge < -0.3 is 51.8 Å². The molecule has 2 saturated heterocycles. The van der Waals surface area contributed by atoms with Crippen LogP contribution < -0.4 is 32.2 Å². The minimum atomic E-state index is -1.09. The van der Waals surface area contributed by atoms with Gasteiger partial charge in [0.05, 0.1) is 25.0 Å². The fourth-order valence-electron chi connectivity index (χ4n) is 6.63. The van der Waals surface area contributed by atoms with E-state index in [2.05, 4.69) is 25.9 Å². The predicted octanol–water partition coefficient (Wildman–Crippen LogP) is 1.58. The Morgan fingerprint density at radius 3 is 2.53 bits per heavy atom. The van der Waals surface area contributed by atoms with Gasteiger partial charge >= 0.3 is 5.97 Å². The number of imidazole rings is 1. The second kappa shape index (κ2) is 19.0. The molecule has 0 aliphatic carbocycles. The second-order valence-corrected chi connectivity index (χ2v) is 13.3. The van der Waals surface area contributed by atoms with Gasteiger partial charge in [-0.1, -0.05) is 0 Å². The number of nitrogens with two attached hydrogens (primary N) is 2. The fraction of sp³-hybridized carbons (Fsp3) is 0.378. The maximum absolute atomic E-state index is 14.9. The molecule has 0 saturated carbocycles.